The van der Waals surface area contributed by atoms with Crippen molar-refractivity contribution in [3.8, 4) is 11.5 Å². The van der Waals surface area contributed by atoms with E-state index < -0.39 is 0 Å². The second kappa shape index (κ2) is 8.55. The number of thiophene rings is 1. The SMILES string of the molecule is O=C(CN1C(=O)C(=Cc2cccs2)SC1=S)NCCc1ccc(O)c(O)c1. The van der Waals surface area contributed by atoms with Crippen LogP contribution in [0, 0.1) is 0 Å². The highest BCUT2D eigenvalue weighted by Crippen LogP contribution is 2.33. The van der Waals surface area contributed by atoms with Crippen molar-refractivity contribution in [1.82, 2.24) is 10.2 Å². The molecule has 27 heavy (non-hydrogen) atoms. The predicted octanol–water partition coefficient (Wildman–Crippen LogP) is 2.72. The number of rotatable bonds is 6. The summed E-state index contributed by atoms with van der Waals surface area (Å²) in [7, 11) is 0. The zero-order valence-corrected chi connectivity index (χ0v) is 16.5. The third-order valence-electron chi connectivity index (χ3n) is 3.77. The third kappa shape index (κ3) is 4.88. The van der Waals surface area contributed by atoms with Gasteiger partial charge in [-0.1, -0.05) is 36.1 Å². The van der Waals surface area contributed by atoms with Crippen molar-refractivity contribution in [2.24, 2.45) is 0 Å². The van der Waals surface area contributed by atoms with E-state index in [2.05, 4.69) is 5.32 Å². The van der Waals surface area contributed by atoms with E-state index in [-0.39, 0.29) is 29.9 Å². The lowest BCUT2D eigenvalue weighted by Gasteiger charge is -2.14. The van der Waals surface area contributed by atoms with Crippen LogP contribution in [0.1, 0.15) is 10.4 Å². The molecular formula is C18H16N2O4S3. The first-order chi connectivity index (χ1) is 12.9. The van der Waals surface area contributed by atoms with Crippen LogP contribution in [-0.2, 0) is 16.0 Å². The number of hydrogen-bond acceptors (Lipinski definition) is 7. The van der Waals surface area contributed by atoms with Gasteiger partial charge in [0, 0.05) is 11.4 Å². The van der Waals surface area contributed by atoms with Gasteiger partial charge in [0.2, 0.25) is 5.91 Å². The van der Waals surface area contributed by atoms with E-state index in [1.165, 1.54) is 40.1 Å². The van der Waals surface area contributed by atoms with E-state index >= 15 is 0 Å². The molecule has 1 aromatic heterocycles. The van der Waals surface area contributed by atoms with Crippen molar-refractivity contribution >= 4 is 57.5 Å². The molecule has 140 valence electrons. The van der Waals surface area contributed by atoms with Gasteiger partial charge >= 0.3 is 0 Å². The minimum absolute atomic E-state index is 0.132. The number of carbonyl (C=O) groups is 2. The number of amides is 2. The summed E-state index contributed by atoms with van der Waals surface area (Å²) in [5, 5.41) is 23.4. The molecular weight excluding hydrogens is 404 g/mol. The molecule has 2 aromatic rings. The highest BCUT2D eigenvalue weighted by Gasteiger charge is 2.33. The smallest absolute Gasteiger partial charge is 0.266 e. The van der Waals surface area contributed by atoms with Gasteiger partial charge in [0.1, 0.15) is 10.9 Å². The van der Waals surface area contributed by atoms with Gasteiger partial charge in [-0.2, -0.15) is 0 Å². The Morgan fingerprint density at radius 1 is 1.26 bits per heavy atom. The monoisotopic (exact) mass is 420 g/mol. The normalized spacial score (nSPS) is 15.6. The molecule has 1 aromatic carbocycles. The van der Waals surface area contributed by atoms with Gasteiger partial charge in [-0.3, -0.25) is 14.5 Å². The van der Waals surface area contributed by atoms with E-state index in [9.17, 15) is 19.8 Å². The van der Waals surface area contributed by atoms with Crippen molar-refractivity contribution in [2.45, 2.75) is 6.42 Å². The molecule has 0 unspecified atom stereocenters. The molecule has 0 bridgehead atoms. The van der Waals surface area contributed by atoms with Crippen LogP contribution in [-0.4, -0.2) is 44.3 Å². The summed E-state index contributed by atoms with van der Waals surface area (Å²) in [6.07, 6.45) is 2.26. The lowest BCUT2D eigenvalue weighted by Crippen LogP contribution is -2.40. The minimum Gasteiger partial charge on any atom is -0.504 e. The Morgan fingerprint density at radius 3 is 2.78 bits per heavy atom. The van der Waals surface area contributed by atoms with E-state index in [4.69, 9.17) is 12.2 Å². The van der Waals surface area contributed by atoms with Crippen LogP contribution in [0.5, 0.6) is 11.5 Å². The van der Waals surface area contributed by atoms with Crippen LogP contribution in [0.15, 0.2) is 40.6 Å². The summed E-state index contributed by atoms with van der Waals surface area (Å²) in [4.78, 5) is 27.4. The first kappa shape index (κ1) is 19.4. The number of phenolic OH excluding ortho intramolecular Hbond substituents is 2. The molecule has 2 amide bonds. The molecule has 6 nitrogen and oxygen atoms in total. The Labute approximate surface area is 169 Å². The maximum atomic E-state index is 12.5. The topological polar surface area (TPSA) is 89.9 Å². The lowest BCUT2D eigenvalue weighted by molar-refractivity contribution is -0.128. The predicted molar refractivity (Wildman–Crippen MR) is 111 cm³/mol. The number of nitrogens with one attached hydrogen (secondary N) is 1. The van der Waals surface area contributed by atoms with Gasteiger partial charge in [0.25, 0.3) is 5.91 Å². The van der Waals surface area contributed by atoms with Crippen molar-refractivity contribution in [2.75, 3.05) is 13.1 Å². The molecule has 0 atom stereocenters. The summed E-state index contributed by atoms with van der Waals surface area (Å²) < 4.78 is 0.362. The van der Waals surface area contributed by atoms with Crippen LogP contribution in [0.2, 0.25) is 0 Å². The van der Waals surface area contributed by atoms with Crippen LogP contribution in [0.4, 0.5) is 0 Å². The Kier molecular flexibility index (Phi) is 6.15. The minimum atomic E-state index is -0.313. The molecule has 1 saturated heterocycles. The second-order valence-corrected chi connectivity index (χ2v) is 8.36. The summed E-state index contributed by atoms with van der Waals surface area (Å²) >= 11 is 7.94. The number of aromatic hydroxyl groups is 2. The highest BCUT2D eigenvalue weighted by atomic mass is 32.2. The van der Waals surface area contributed by atoms with Gasteiger partial charge in [-0.25, -0.2) is 0 Å². The quantitative estimate of drug-likeness (QED) is 0.378. The maximum Gasteiger partial charge on any atom is 0.266 e. The molecule has 1 fully saturated rings. The molecule has 0 aliphatic carbocycles. The Bertz CT molecular complexity index is 909. The fraction of sp³-hybridized carbons (Fsp3) is 0.167. The molecule has 0 saturated carbocycles. The average molecular weight is 421 g/mol. The molecule has 1 aliphatic rings. The Hall–Kier alpha value is -2.36. The van der Waals surface area contributed by atoms with Gasteiger partial charge < -0.3 is 15.5 Å². The van der Waals surface area contributed by atoms with Crippen molar-refractivity contribution < 1.29 is 19.8 Å². The first-order valence-corrected chi connectivity index (χ1v) is 10.1. The number of hydrogen-bond donors (Lipinski definition) is 3. The van der Waals surface area contributed by atoms with E-state index in [1.54, 1.807) is 12.1 Å². The molecule has 3 rings (SSSR count). The van der Waals surface area contributed by atoms with Crippen molar-refractivity contribution in [3.05, 3.63) is 51.1 Å². The fourth-order valence-electron chi connectivity index (χ4n) is 2.41. The molecule has 1 aliphatic heterocycles. The average Bonchev–Trinajstić information content (AvgIpc) is 3.22. The van der Waals surface area contributed by atoms with Gasteiger partial charge in [-0.05, 0) is 41.6 Å². The zero-order chi connectivity index (χ0) is 19.4. The Morgan fingerprint density at radius 2 is 2.07 bits per heavy atom. The lowest BCUT2D eigenvalue weighted by atomic mass is 10.1. The first-order valence-electron chi connectivity index (χ1n) is 8.00. The summed E-state index contributed by atoms with van der Waals surface area (Å²) in [5.74, 6) is -0.967. The van der Waals surface area contributed by atoms with Gasteiger partial charge in [0.15, 0.2) is 11.5 Å². The van der Waals surface area contributed by atoms with Crippen LogP contribution < -0.4 is 5.32 Å². The van der Waals surface area contributed by atoms with Crippen LogP contribution in [0.25, 0.3) is 6.08 Å². The fourth-order valence-corrected chi connectivity index (χ4v) is 4.39. The highest BCUT2D eigenvalue weighted by molar-refractivity contribution is 8.26. The summed E-state index contributed by atoms with van der Waals surface area (Å²) in [6.45, 7) is 0.205. The van der Waals surface area contributed by atoms with Crippen LogP contribution in [0.3, 0.4) is 0 Å². The number of carbonyl (C=O) groups excluding carboxylic acids is 2. The van der Waals surface area contributed by atoms with Crippen LogP contribution >= 0.6 is 35.3 Å². The van der Waals surface area contributed by atoms with Gasteiger partial charge in [0.05, 0.1) is 4.91 Å². The second-order valence-electron chi connectivity index (χ2n) is 5.71. The summed E-state index contributed by atoms with van der Waals surface area (Å²) in [6, 6.07) is 8.31. The standard InChI is InChI=1S/C18H16N2O4S3/c21-13-4-3-11(8-14(13)22)5-6-19-16(23)10-20-17(24)15(27-18(20)25)9-12-2-1-7-26-12/h1-4,7-9,21-22H,5-6,10H2,(H,19,23). The number of thioether (sulfide) groups is 1. The maximum absolute atomic E-state index is 12.5. The summed E-state index contributed by atoms with van der Waals surface area (Å²) in [5.41, 5.74) is 0.773. The molecule has 0 spiro atoms. The van der Waals surface area contributed by atoms with E-state index in [1.807, 2.05) is 17.5 Å². The largest absolute Gasteiger partial charge is 0.504 e. The molecule has 3 N–H and O–H groups in total. The third-order valence-corrected chi connectivity index (χ3v) is 5.96. The number of benzene rings is 1. The number of nitrogens with zero attached hydrogens (tertiary/aromatic N) is 1. The Balaban J connectivity index is 1.52. The molecule has 0 radical (unpaired) electrons. The zero-order valence-electron chi connectivity index (χ0n) is 14.0. The van der Waals surface area contributed by atoms with Gasteiger partial charge in [-0.15, -0.1) is 11.3 Å². The van der Waals surface area contributed by atoms with Crippen molar-refractivity contribution in [3.63, 3.8) is 0 Å². The van der Waals surface area contributed by atoms with E-state index in [0.29, 0.717) is 22.2 Å². The molecule has 2 heterocycles. The number of phenols is 2. The molecule has 9 heteroatoms. The van der Waals surface area contributed by atoms with Crippen molar-refractivity contribution in [1.29, 1.82) is 0 Å². The number of thiocarbonyl (C=S) groups is 1. The van der Waals surface area contributed by atoms with E-state index in [0.717, 1.165) is 10.4 Å².